The van der Waals surface area contributed by atoms with E-state index in [9.17, 15) is 9.59 Å². The highest BCUT2D eigenvalue weighted by atomic mass is 16.5. The number of piperidine rings is 1. The highest BCUT2D eigenvalue weighted by molar-refractivity contribution is 5.95. The van der Waals surface area contributed by atoms with Gasteiger partial charge in [-0.15, -0.1) is 0 Å². The maximum atomic E-state index is 13.4. The lowest BCUT2D eigenvalue weighted by Gasteiger charge is -2.26. The molecule has 0 spiro atoms. The van der Waals surface area contributed by atoms with E-state index in [0.717, 1.165) is 38.0 Å². The molecule has 5 rings (SSSR count). The zero-order valence-corrected chi connectivity index (χ0v) is 20.0. The highest BCUT2D eigenvalue weighted by Gasteiger charge is 2.38. The summed E-state index contributed by atoms with van der Waals surface area (Å²) in [6.07, 6.45) is 7.34. The summed E-state index contributed by atoms with van der Waals surface area (Å²) in [5, 5.41) is 3.58. The van der Waals surface area contributed by atoms with Crippen LogP contribution < -0.4 is 15.6 Å². The summed E-state index contributed by atoms with van der Waals surface area (Å²) >= 11 is 0. The quantitative estimate of drug-likeness (QED) is 0.580. The van der Waals surface area contributed by atoms with Crippen molar-refractivity contribution in [3.05, 3.63) is 64.2 Å². The fraction of sp³-hybridized carbons (Fsp3) is 0.444. The first kappa shape index (κ1) is 22.6. The maximum absolute atomic E-state index is 13.4. The van der Waals surface area contributed by atoms with Crippen molar-refractivity contribution >= 4 is 16.8 Å². The molecule has 0 bridgehead atoms. The topological polar surface area (TPSA) is 76.5 Å². The molecule has 1 saturated heterocycles. The normalized spacial score (nSPS) is 17.5. The van der Waals surface area contributed by atoms with E-state index in [1.165, 1.54) is 30.2 Å². The van der Waals surface area contributed by atoms with Crippen LogP contribution in [0.15, 0.2) is 47.5 Å². The number of nitrogens with zero attached hydrogens (tertiary/aromatic N) is 3. The number of rotatable bonds is 7. The number of likely N-dealkylation sites (tertiary alicyclic amines) is 1. The Labute approximate surface area is 199 Å². The smallest absolute Gasteiger partial charge is 0.265 e. The molecule has 178 valence electrons. The predicted octanol–water partition coefficient (Wildman–Crippen LogP) is 3.84. The summed E-state index contributed by atoms with van der Waals surface area (Å²) in [6.45, 7) is 7.72. The number of benzene rings is 2. The van der Waals surface area contributed by atoms with Gasteiger partial charge in [0.1, 0.15) is 18.7 Å². The van der Waals surface area contributed by atoms with Crippen LogP contribution in [0.5, 0.6) is 5.75 Å². The number of hydrogen-bond donors (Lipinski definition) is 1. The Balaban J connectivity index is 1.39. The van der Waals surface area contributed by atoms with Gasteiger partial charge in [-0.05, 0) is 88.5 Å². The van der Waals surface area contributed by atoms with Gasteiger partial charge < -0.3 is 10.1 Å². The van der Waals surface area contributed by atoms with E-state index in [-0.39, 0.29) is 17.0 Å². The Kier molecular flexibility index (Phi) is 6.13. The molecule has 0 atom stereocenters. The molecule has 7 heteroatoms. The summed E-state index contributed by atoms with van der Waals surface area (Å²) in [6, 6.07) is 10.9. The fourth-order valence-corrected chi connectivity index (χ4v) is 4.51. The van der Waals surface area contributed by atoms with E-state index >= 15 is 0 Å². The minimum absolute atomic E-state index is 0.103. The third-order valence-electron chi connectivity index (χ3n) is 7.00. The molecule has 1 aliphatic carbocycles. The number of ether oxygens (including phenoxy) is 1. The van der Waals surface area contributed by atoms with Crippen LogP contribution in [0.1, 0.15) is 54.9 Å². The molecule has 1 saturated carbocycles. The summed E-state index contributed by atoms with van der Waals surface area (Å²) in [5.74, 6) is 0.552. The highest BCUT2D eigenvalue weighted by Crippen LogP contribution is 2.34. The van der Waals surface area contributed by atoms with Gasteiger partial charge >= 0.3 is 0 Å². The second-order valence-electron chi connectivity index (χ2n) is 9.87. The first-order valence-electron chi connectivity index (χ1n) is 12.2. The second-order valence-corrected chi connectivity index (χ2v) is 9.87. The van der Waals surface area contributed by atoms with E-state index in [1.807, 2.05) is 32.0 Å². The van der Waals surface area contributed by atoms with Gasteiger partial charge in [-0.1, -0.05) is 12.5 Å². The van der Waals surface area contributed by atoms with Gasteiger partial charge in [0.05, 0.1) is 16.6 Å². The number of aryl methyl sites for hydroxylation is 1. The van der Waals surface area contributed by atoms with Crippen molar-refractivity contribution in [3.63, 3.8) is 0 Å². The standard InChI is InChI=1S/C27H32N4O3/c1-19-6-7-20(25(32)29-27(2)10-11-27)16-24(19)31-18-28-23-9-8-21(17-22(23)26(31)33)34-15-14-30-12-4-3-5-13-30/h6-9,16-18H,3-5,10-15H2,1-2H3,(H,29,32). The minimum Gasteiger partial charge on any atom is -0.492 e. The molecule has 1 aliphatic heterocycles. The first-order valence-corrected chi connectivity index (χ1v) is 12.2. The zero-order valence-electron chi connectivity index (χ0n) is 20.0. The van der Waals surface area contributed by atoms with Gasteiger partial charge in [0.15, 0.2) is 0 Å². The number of amides is 1. The van der Waals surface area contributed by atoms with Gasteiger partial charge in [-0.25, -0.2) is 4.98 Å². The molecular formula is C27H32N4O3. The fourth-order valence-electron chi connectivity index (χ4n) is 4.51. The minimum atomic E-state index is -0.179. The molecule has 2 aliphatic rings. The largest absolute Gasteiger partial charge is 0.492 e. The maximum Gasteiger partial charge on any atom is 0.265 e. The van der Waals surface area contributed by atoms with Crippen molar-refractivity contribution in [1.29, 1.82) is 0 Å². The Hall–Kier alpha value is -3.19. The van der Waals surface area contributed by atoms with Crippen molar-refractivity contribution < 1.29 is 9.53 Å². The van der Waals surface area contributed by atoms with Crippen LogP contribution in [0.4, 0.5) is 0 Å². The first-order chi connectivity index (χ1) is 16.4. The number of carbonyl (C=O) groups excluding carboxylic acids is 1. The molecule has 1 amide bonds. The lowest BCUT2D eigenvalue weighted by Crippen LogP contribution is -2.34. The molecule has 0 unspecified atom stereocenters. The zero-order chi connectivity index (χ0) is 23.7. The van der Waals surface area contributed by atoms with E-state index in [2.05, 4.69) is 15.2 Å². The molecule has 3 aromatic rings. The molecule has 1 aromatic heterocycles. The van der Waals surface area contributed by atoms with Crippen LogP contribution in [0.2, 0.25) is 0 Å². The summed E-state index contributed by atoms with van der Waals surface area (Å²) < 4.78 is 7.49. The van der Waals surface area contributed by atoms with Crippen molar-refractivity contribution in [1.82, 2.24) is 19.8 Å². The molecule has 7 nitrogen and oxygen atoms in total. The number of hydrogen-bond acceptors (Lipinski definition) is 5. The Bertz CT molecular complexity index is 1270. The lowest BCUT2D eigenvalue weighted by atomic mass is 10.1. The van der Waals surface area contributed by atoms with Crippen LogP contribution in [0, 0.1) is 6.92 Å². The molecule has 1 N–H and O–H groups in total. The molecule has 2 fully saturated rings. The van der Waals surface area contributed by atoms with E-state index in [0.29, 0.717) is 34.5 Å². The molecule has 34 heavy (non-hydrogen) atoms. The van der Waals surface area contributed by atoms with Gasteiger partial charge in [0, 0.05) is 17.6 Å². The predicted molar refractivity (Wildman–Crippen MR) is 133 cm³/mol. The third kappa shape index (κ3) is 4.85. The Morgan fingerprint density at radius 2 is 1.91 bits per heavy atom. The van der Waals surface area contributed by atoms with Crippen LogP contribution in [-0.2, 0) is 0 Å². The summed E-state index contributed by atoms with van der Waals surface area (Å²) in [5.41, 5.74) is 2.43. The van der Waals surface area contributed by atoms with Crippen molar-refractivity contribution in [2.24, 2.45) is 0 Å². The van der Waals surface area contributed by atoms with Crippen molar-refractivity contribution in [2.45, 2.75) is 51.5 Å². The van der Waals surface area contributed by atoms with E-state index in [4.69, 9.17) is 4.74 Å². The van der Waals surface area contributed by atoms with Crippen LogP contribution >= 0.6 is 0 Å². The van der Waals surface area contributed by atoms with Crippen molar-refractivity contribution in [2.75, 3.05) is 26.2 Å². The van der Waals surface area contributed by atoms with Gasteiger partial charge in [0.25, 0.3) is 11.5 Å². The van der Waals surface area contributed by atoms with Crippen molar-refractivity contribution in [3.8, 4) is 11.4 Å². The molecule has 2 heterocycles. The lowest BCUT2D eigenvalue weighted by molar-refractivity contribution is 0.0935. The monoisotopic (exact) mass is 460 g/mol. The van der Waals surface area contributed by atoms with E-state index in [1.54, 1.807) is 18.2 Å². The second kappa shape index (κ2) is 9.22. The van der Waals surface area contributed by atoms with Crippen LogP contribution in [0.25, 0.3) is 16.6 Å². The number of nitrogens with one attached hydrogen (secondary N) is 1. The number of carbonyl (C=O) groups is 1. The van der Waals surface area contributed by atoms with E-state index < -0.39 is 0 Å². The van der Waals surface area contributed by atoms with Crippen LogP contribution in [0.3, 0.4) is 0 Å². The SMILES string of the molecule is Cc1ccc(C(=O)NC2(C)CC2)cc1-n1cnc2ccc(OCCN3CCCCC3)cc2c1=O. The number of fused-ring (bicyclic) bond motifs is 1. The Morgan fingerprint density at radius 3 is 2.68 bits per heavy atom. The van der Waals surface area contributed by atoms with Gasteiger partial charge in [-0.3, -0.25) is 19.1 Å². The molecule has 2 aromatic carbocycles. The van der Waals surface area contributed by atoms with Gasteiger partial charge in [0.2, 0.25) is 0 Å². The van der Waals surface area contributed by atoms with Gasteiger partial charge in [-0.2, -0.15) is 0 Å². The summed E-state index contributed by atoms with van der Waals surface area (Å²) in [7, 11) is 0. The third-order valence-corrected chi connectivity index (χ3v) is 7.00. The molecular weight excluding hydrogens is 428 g/mol. The Morgan fingerprint density at radius 1 is 1.12 bits per heavy atom. The summed E-state index contributed by atoms with van der Waals surface area (Å²) in [4.78, 5) is 33.1. The molecule has 0 radical (unpaired) electrons. The average molecular weight is 461 g/mol. The average Bonchev–Trinajstić information content (AvgIpc) is 3.57. The number of aromatic nitrogens is 2. The van der Waals surface area contributed by atoms with Crippen LogP contribution in [-0.4, -0.2) is 52.1 Å².